The quantitative estimate of drug-likeness (QED) is 0.626. The number of hydrogen-bond acceptors (Lipinski definition) is 3. The molecule has 0 aliphatic carbocycles. The van der Waals surface area contributed by atoms with E-state index < -0.39 is 0 Å². The highest BCUT2D eigenvalue weighted by Gasteiger charge is 2.03. The Hall–Kier alpha value is -2.10. The van der Waals surface area contributed by atoms with E-state index in [0.29, 0.717) is 5.69 Å². The third-order valence-corrected chi connectivity index (χ3v) is 2.31. The van der Waals surface area contributed by atoms with Crippen molar-refractivity contribution < 1.29 is 4.74 Å². The number of nitrogens with zero attached hydrogens (tertiary/aromatic N) is 1. The van der Waals surface area contributed by atoms with Crippen LogP contribution in [0, 0.1) is 5.41 Å². The van der Waals surface area contributed by atoms with Gasteiger partial charge in [-0.05, 0) is 38.1 Å². The van der Waals surface area contributed by atoms with Crippen LogP contribution in [0.1, 0.15) is 19.5 Å². The maximum absolute atomic E-state index is 7.34. The summed E-state index contributed by atoms with van der Waals surface area (Å²) in [6.45, 7) is 3.97. The van der Waals surface area contributed by atoms with Crippen molar-refractivity contribution in [2.45, 2.75) is 20.0 Å². The van der Waals surface area contributed by atoms with Crippen molar-refractivity contribution >= 4 is 16.7 Å². The number of hydrogen-bond donors (Lipinski definition) is 2. The highest BCUT2D eigenvalue weighted by Crippen LogP contribution is 2.20. The molecule has 17 heavy (non-hydrogen) atoms. The second kappa shape index (κ2) is 4.41. The molecule has 1 aromatic heterocycles. The first kappa shape index (κ1) is 11.4. The van der Waals surface area contributed by atoms with Gasteiger partial charge in [-0.3, -0.25) is 5.41 Å². The van der Waals surface area contributed by atoms with Gasteiger partial charge in [0.1, 0.15) is 17.3 Å². The van der Waals surface area contributed by atoms with Crippen molar-refractivity contribution in [3.8, 4) is 5.75 Å². The van der Waals surface area contributed by atoms with Crippen LogP contribution in [0.25, 0.3) is 10.9 Å². The average Bonchev–Trinajstić information content (AvgIpc) is 2.27. The summed E-state index contributed by atoms with van der Waals surface area (Å²) in [5.41, 5.74) is 6.71. The van der Waals surface area contributed by atoms with E-state index in [9.17, 15) is 0 Å². The molecule has 4 heteroatoms. The lowest BCUT2D eigenvalue weighted by Gasteiger charge is -2.10. The zero-order valence-corrected chi connectivity index (χ0v) is 9.90. The van der Waals surface area contributed by atoms with Gasteiger partial charge in [-0.1, -0.05) is 6.07 Å². The molecule has 0 spiro atoms. The topological polar surface area (TPSA) is 72.0 Å². The molecular weight excluding hydrogens is 214 g/mol. The predicted molar refractivity (Wildman–Crippen MR) is 68.5 cm³/mol. The van der Waals surface area contributed by atoms with Gasteiger partial charge in [0.15, 0.2) is 0 Å². The molecule has 2 aromatic rings. The van der Waals surface area contributed by atoms with Crippen LogP contribution in [0.3, 0.4) is 0 Å². The van der Waals surface area contributed by atoms with E-state index in [1.807, 2.05) is 38.1 Å². The summed E-state index contributed by atoms with van der Waals surface area (Å²) in [4.78, 5) is 4.29. The second-order valence-corrected chi connectivity index (χ2v) is 4.13. The fourth-order valence-corrected chi connectivity index (χ4v) is 1.60. The molecule has 2 rings (SSSR count). The molecule has 0 atom stereocenters. The maximum Gasteiger partial charge on any atom is 0.141 e. The lowest BCUT2D eigenvalue weighted by Crippen LogP contribution is -2.12. The molecule has 0 amide bonds. The first-order chi connectivity index (χ1) is 8.06. The molecule has 1 heterocycles. The lowest BCUT2D eigenvalue weighted by molar-refractivity contribution is 0.243. The zero-order chi connectivity index (χ0) is 12.4. The van der Waals surface area contributed by atoms with Crippen molar-refractivity contribution in [3.63, 3.8) is 0 Å². The molecule has 0 bridgehead atoms. The van der Waals surface area contributed by atoms with Crippen molar-refractivity contribution in [1.29, 1.82) is 5.41 Å². The number of fused-ring (bicyclic) bond motifs is 1. The summed E-state index contributed by atoms with van der Waals surface area (Å²) in [6, 6.07) is 9.32. The molecule has 0 unspecified atom stereocenters. The Morgan fingerprint density at radius 1 is 1.29 bits per heavy atom. The number of benzene rings is 1. The van der Waals surface area contributed by atoms with Crippen LogP contribution >= 0.6 is 0 Å². The maximum atomic E-state index is 7.34. The summed E-state index contributed by atoms with van der Waals surface area (Å²) in [7, 11) is 0. The van der Waals surface area contributed by atoms with Crippen LogP contribution in [0.4, 0.5) is 0 Å². The number of nitrogen functional groups attached to an aromatic ring is 1. The Labute approximate surface area is 99.9 Å². The van der Waals surface area contributed by atoms with Crippen LogP contribution in [0.5, 0.6) is 5.75 Å². The van der Waals surface area contributed by atoms with Crippen molar-refractivity contribution in [1.82, 2.24) is 4.98 Å². The Morgan fingerprint density at radius 3 is 2.71 bits per heavy atom. The molecule has 88 valence electrons. The van der Waals surface area contributed by atoms with E-state index in [1.165, 1.54) is 0 Å². The fraction of sp³-hybridized carbons (Fsp3) is 0.231. The van der Waals surface area contributed by atoms with E-state index in [-0.39, 0.29) is 11.9 Å². The van der Waals surface area contributed by atoms with Gasteiger partial charge in [0.2, 0.25) is 0 Å². The van der Waals surface area contributed by atoms with Gasteiger partial charge in [-0.2, -0.15) is 0 Å². The third-order valence-electron chi connectivity index (χ3n) is 2.31. The second-order valence-electron chi connectivity index (χ2n) is 4.13. The molecule has 0 aliphatic heterocycles. The number of rotatable bonds is 3. The van der Waals surface area contributed by atoms with Crippen molar-refractivity contribution in [2.75, 3.05) is 0 Å². The van der Waals surface area contributed by atoms with Crippen LogP contribution in [-0.4, -0.2) is 16.9 Å². The first-order valence-corrected chi connectivity index (χ1v) is 5.48. The molecule has 1 aromatic carbocycles. The van der Waals surface area contributed by atoms with E-state index in [4.69, 9.17) is 15.9 Å². The summed E-state index contributed by atoms with van der Waals surface area (Å²) in [5, 5.41) is 8.32. The lowest BCUT2D eigenvalue weighted by atomic mass is 10.2. The fourth-order valence-electron chi connectivity index (χ4n) is 1.60. The standard InChI is InChI=1S/C13H15N3O/c1-8(2)17-10-4-6-11-9(7-10)3-5-12(16-11)13(14)15/h3-8H,1-2H3,(H3,14,15). The summed E-state index contributed by atoms with van der Waals surface area (Å²) in [6.07, 6.45) is 0.150. The molecule has 0 fully saturated rings. The highest BCUT2D eigenvalue weighted by molar-refractivity contribution is 5.95. The van der Waals surface area contributed by atoms with Gasteiger partial charge >= 0.3 is 0 Å². The van der Waals surface area contributed by atoms with Crippen molar-refractivity contribution in [3.05, 3.63) is 36.0 Å². The molecular formula is C13H15N3O. The van der Waals surface area contributed by atoms with E-state index in [0.717, 1.165) is 16.7 Å². The molecule has 0 aliphatic rings. The van der Waals surface area contributed by atoms with Gasteiger partial charge in [0.25, 0.3) is 0 Å². The first-order valence-electron chi connectivity index (χ1n) is 5.48. The number of nitrogens with one attached hydrogen (secondary N) is 1. The highest BCUT2D eigenvalue weighted by atomic mass is 16.5. The van der Waals surface area contributed by atoms with Gasteiger partial charge in [0, 0.05) is 5.39 Å². The van der Waals surface area contributed by atoms with Crippen LogP contribution < -0.4 is 10.5 Å². The van der Waals surface area contributed by atoms with Crippen LogP contribution in [0.15, 0.2) is 30.3 Å². The summed E-state index contributed by atoms with van der Waals surface area (Å²) in [5.74, 6) is 0.805. The molecule has 0 saturated carbocycles. The Kier molecular flexibility index (Phi) is 2.95. The third kappa shape index (κ3) is 2.53. The Morgan fingerprint density at radius 2 is 2.06 bits per heavy atom. The average molecular weight is 229 g/mol. The number of aromatic nitrogens is 1. The van der Waals surface area contributed by atoms with Crippen molar-refractivity contribution in [2.24, 2.45) is 5.73 Å². The molecule has 0 saturated heterocycles. The largest absolute Gasteiger partial charge is 0.491 e. The predicted octanol–water partition coefficient (Wildman–Crippen LogP) is 2.31. The van der Waals surface area contributed by atoms with E-state index in [1.54, 1.807) is 6.07 Å². The van der Waals surface area contributed by atoms with Gasteiger partial charge < -0.3 is 10.5 Å². The number of ether oxygens (including phenoxy) is 1. The van der Waals surface area contributed by atoms with Crippen LogP contribution in [-0.2, 0) is 0 Å². The number of nitrogens with two attached hydrogens (primary N) is 1. The SMILES string of the molecule is CC(C)Oc1ccc2nc(C(=N)N)ccc2c1. The van der Waals surface area contributed by atoms with Gasteiger partial charge in [-0.25, -0.2) is 4.98 Å². The van der Waals surface area contributed by atoms with E-state index >= 15 is 0 Å². The zero-order valence-electron chi connectivity index (χ0n) is 9.90. The van der Waals surface area contributed by atoms with E-state index in [2.05, 4.69) is 4.98 Å². The minimum absolute atomic E-state index is 0.0191. The van der Waals surface area contributed by atoms with Crippen LogP contribution in [0.2, 0.25) is 0 Å². The Balaban J connectivity index is 2.43. The molecule has 0 radical (unpaired) electrons. The monoisotopic (exact) mass is 229 g/mol. The summed E-state index contributed by atoms with van der Waals surface area (Å²) >= 11 is 0. The number of amidine groups is 1. The summed E-state index contributed by atoms with van der Waals surface area (Å²) < 4.78 is 5.61. The normalized spacial score (nSPS) is 10.8. The molecule has 4 nitrogen and oxygen atoms in total. The van der Waals surface area contributed by atoms with Gasteiger partial charge in [-0.15, -0.1) is 0 Å². The minimum Gasteiger partial charge on any atom is -0.491 e. The van der Waals surface area contributed by atoms with Gasteiger partial charge in [0.05, 0.1) is 11.6 Å². The smallest absolute Gasteiger partial charge is 0.141 e. The molecule has 3 N–H and O–H groups in total. The Bertz CT molecular complexity index is 564. The number of pyridine rings is 1. The minimum atomic E-state index is -0.0191.